The highest BCUT2D eigenvalue weighted by Crippen LogP contribution is 2.41. The summed E-state index contributed by atoms with van der Waals surface area (Å²) in [6.07, 6.45) is 1.26. The average Bonchev–Trinajstić information content (AvgIpc) is 3.07. The second kappa shape index (κ2) is 6.14. The van der Waals surface area contributed by atoms with Crippen molar-refractivity contribution in [2.75, 3.05) is 11.4 Å². The Morgan fingerprint density at radius 3 is 2.75 bits per heavy atom. The molecule has 0 unspecified atom stereocenters. The van der Waals surface area contributed by atoms with E-state index in [1.54, 1.807) is 17.3 Å². The topological polar surface area (TPSA) is 75.1 Å². The molecule has 1 aromatic heterocycles. The number of nitro benzene ring substituents is 1. The Labute approximate surface area is 135 Å². The van der Waals surface area contributed by atoms with Gasteiger partial charge in [-0.2, -0.15) is 18.3 Å². The predicted molar refractivity (Wildman–Crippen MR) is 80.6 cm³/mol. The van der Waals surface area contributed by atoms with Crippen LogP contribution in [-0.2, 0) is 6.18 Å². The monoisotopic (exact) mass is 340 g/mol. The number of nitrogens with one attached hydrogen (secondary N) is 1. The first-order chi connectivity index (χ1) is 11.4. The third-order valence-corrected chi connectivity index (χ3v) is 4.22. The van der Waals surface area contributed by atoms with Gasteiger partial charge in [-0.25, -0.2) is 0 Å². The van der Waals surface area contributed by atoms with E-state index in [0.717, 1.165) is 30.9 Å². The van der Waals surface area contributed by atoms with Gasteiger partial charge >= 0.3 is 6.18 Å². The van der Waals surface area contributed by atoms with E-state index in [0.29, 0.717) is 12.6 Å². The second-order valence-electron chi connectivity index (χ2n) is 5.69. The highest BCUT2D eigenvalue weighted by atomic mass is 19.4. The third-order valence-electron chi connectivity index (χ3n) is 4.22. The lowest BCUT2D eigenvalue weighted by molar-refractivity contribution is -0.384. The minimum atomic E-state index is -4.62. The van der Waals surface area contributed by atoms with E-state index in [4.69, 9.17) is 0 Å². The van der Waals surface area contributed by atoms with E-state index in [1.165, 1.54) is 6.07 Å². The minimum absolute atomic E-state index is 0.145. The number of aromatic nitrogens is 2. The zero-order chi connectivity index (χ0) is 17.3. The summed E-state index contributed by atoms with van der Waals surface area (Å²) in [7, 11) is 0. The molecule has 1 saturated heterocycles. The average molecular weight is 340 g/mol. The quantitative estimate of drug-likeness (QED) is 0.675. The van der Waals surface area contributed by atoms with Gasteiger partial charge in [-0.3, -0.25) is 15.2 Å². The number of anilines is 1. The van der Waals surface area contributed by atoms with Crippen LogP contribution in [0, 0.1) is 10.1 Å². The summed E-state index contributed by atoms with van der Waals surface area (Å²) >= 11 is 0. The lowest BCUT2D eigenvalue weighted by atomic mass is 9.96. The molecule has 1 aliphatic heterocycles. The van der Waals surface area contributed by atoms with Crippen LogP contribution in [0.3, 0.4) is 0 Å². The summed E-state index contributed by atoms with van der Waals surface area (Å²) in [5.74, 6) is 0. The molecule has 2 aromatic rings. The first kappa shape index (κ1) is 16.3. The minimum Gasteiger partial charge on any atom is -0.359 e. The standard InChI is InChI=1S/C15H15F3N4O2/c16-15(17,18)11-4-5-13(14(7-11)22(23)24)21-6-2-1-3-12(21)10-8-19-20-9-10/h4-5,7-9,12H,1-3,6H2,(H,19,20)/t12-/m0/s1. The summed E-state index contributed by atoms with van der Waals surface area (Å²) in [6, 6.07) is 2.55. The molecule has 0 saturated carbocycles. The molecule has 1 N–H and O–H groups in total. The van der Waals surface area contributed by atoms with Gasteiger partial charge in [0.05, 0.1) is 22.7 Å². The molecule has 1 aliphatic rings. The number of nitro groups is 1. The molecule has 1 fully saturated rings. The Morgan fingerprint density at radius 2 is 2.12 bits per heavy atom. The van der Waals surface area contributed by atoms with Crippen molar-refractivity contribution in [3.05, 3.63) is 51.8 Å². The Morgan fingerprint density at radius 1 is 1.33 bits per heavy atom. The summed E-state index contributed by atoms with van der Waals surface area (Å²) in [4.78, 5) is 12.4. The molecule has 24 heavy (non-hydrogen) atoms. The molecule has 0 spiro atoms. The summed E-state index contributed by atoms with van der Waals surface area (Å²) < 4.78 is 38.6. The van der Waals surface area contributed by atoms with Crippen LogP contribution >= 0.6 is 0 Å². The van der Waals surface area contributed by atoms with Crippen molar-refractivity contribution in [3.8, 4) is 0 Å². The Balaban J connectivity index is 2.04. The molecule has 0 amide bonds. The maximum atomic E-state index is 12.9. The van der Waals surface area contributed by atoms with Crippen LogP contribution in [0.1, 0.15) is 36.4 Å². The zero-order valence-corrected chi connectivity index (χ0v) is 12.6. The van der Waals surface area contributed by atoms with Gasteiger partial charge in [0.15, 0.2) is 0 Å². The maximum absolute atomic E-state index is 12.9. The Hall–Kier alpha value is -2.58. The van der Waals surface area contributed by atoms with Gasteiger partial charge in [0, 0.05) is 24.4 Å². The fourth-order valence-corrected chi connectivity index (χ4v) is 3.10. The van der Waals surface area contributed by atoms with E-state index < -0.39 is 22.4 Å². The number of rotatable bonds is 3. The number of aromatic amines is 1. The molecule has 3 rings (SSSR count). The number of hydrogen-bond acceptors (Lipinski definition) is 4. The second-order valence-corrected chi connectivity index (χ2v) is 5.69. The van der Waals surface area contributed by atoms with Crippen LogP contribution in [0.2, 0.25) is 0 Å². The first-order valence-corrected chi connectivity index (χ1v) is 7.49. The van der Waals surface area contributed by atoms with Crippen molar-refractivity contribution in [2.24, 2.45) is 0 Å². The van der Waals surface area contributed by atoms with Gasteiger partial charge < -0.3 is 4.90 Å². The molecule has 0 aliphatic carbocycles. The number of hydrogen-bond donors (Lipinski definition) is 1. The summed E-state index contributed by atoms with van der Waals surface area (Å²) in [5.41, 5.74) is -0.474. The van der Waals surface area contributed by atoms with Gasteiger partial charge in [-0.05, 0) is 31.4 Å². The van der Waals surface area contributed by atoms with E-state index in [-0.39, 0.29) is 11.7 Å². The van der Waals surface area contributed by atoms with Gasteiger partial charge in [0.25, 0.3) is 5.69 Å². The van der Waals surface area contributed by atoms with E-state index in [9.17, 15) is 23.3 Å². The number of benzene rings is 1. The lowest BCUT2D eigenvalue weighted by Gasteiger charge is -2.36. The first-order valence-electron chi connectivity index (χ1n) is 7.49. The molecule has 0 bridgehead atoms. The molecular weight excluding hydrogens is 325 g/mol. The number of nitrogens with zero attached hydrogens (tertiary/aromatic N) is 3. The van der Waals surface area contributed by atoms with Crippen LogP contribution in [0.15, 0.2) is 30.6 Å². The van der Waals surface area contributed by atoms with Crippen molar-refractivity contribution in [2.45, 2.75) is 31.5 Å². The van der Waals surface area contributed by atoms with Crippen LogP contribution in [0.4, 0.5) is 24.5 Å². The van der Waals surface area contributed by atoms with Gasteiger partial charge in [-0.1, -0.05) is 0 Å². The van der Waals surface area contributed by atoms with Crippen LogP contribution in [-0.4, -0.2) is 21.7 Å². The predicted octanol–water partition coefficient (Wildman–Crippen LogP) is 4.07. The fraction of sp³-hybridized carbons (Fsp3) is 0.400. The summed E-state index contributed by atoms with van der Waals surface area (Å²) in [5, 5.41) is 17.9. The van der Waals surface area contributed by atoms with Gasteiger partial charge in [0.2, 0.25) is 0 Å². The Kier molecular flexibility index (Phi) is 4.16. The molecular formula is C15H15F3N4O2. The lowest BCUT2D eigenvalue weighted by Crippen LogP contribution is -2.33. The highest BCUT2D eigenvalue weighted by Gasteiger charge is 2.35. The third kappa shape index (κ3) is 3.06. The van der Waals surface area contributed by atoms with Crippen molar-refractivity contribution in [3.63, 3.8) is 0 Å². The fourth-order valence-electron chi connectivity index (χ4n) is 3.10. The zero-order valence-electron chi connectivity index (χ0n) is 12.6. The molecule has 1 aromatic carbocycles. The van der Waals surface area contributed by atoms with E-state index in [2.05, 4.69) is 10.2 Å². The van der Waals surface area contributed by atoms with Crippen LogP contribution in [0.25, 0.3) is 0 Å². The number of halogens is 3. The Bertz CT molecular complexity index is 731. The van der Waals surface area contributed by atoms with Crippen molar-refractivity contribution in [1.82, 2.24) is 10.2 Å². The van der Waals surface area contributed by atoms with Crippen LogP contribution < -0.4 is 4.90 Å². The van der Waals surface area contributed by atoms with E-state index in [1.807, 2.05) is 0 Å². The van der Waals surface area contributed by atoms with Gasteiger partial charge in [0.1, 0.15) is 5.69 Å². The SMILES string of the molecule is O=[N+]([O-])c1cc(C(F)(F)F)ccc1N1CCCC[C@H]1c1cn[nH]c1. The summed E-state index contributed by atoms with van der Waals surface area (Å²) in [6.45, 7) is 0.544. The molecule has 9 heteroatoms. The van der Waals surface area contributed by atoms with E-state index >= 15 is 0 Å². The van der Waals surface area contributed by atoms with Crippen molar-refractivity contribution < 1.29 is 18.1 Å². The molecule has 0 radical (unpaired) electrons. The van der Waals surface area contributed by atoms with Crippen LogP contribution in [0.5, 0.6) is 0 Å². The van der Waals surface area contributed by atoms with Crippen molar-refractivity contribution >= 4 is 11.4 Å². The number of H-pyrrole nitrogens is 1. The highest BCUT2D eigenvalue weighted by molar-refractivity contribution is 5.66. The largest absolute Gasteiger partial charge is 0.416 e. The molecule has 2 heterocycles. The van der Waals surface area contributed by atoms with Gasteiger partial charge in [-0.15, -0.1) is 0 Å². The molecule has 1 atom stereocenters. The van der Waals surface area contributed by atoms with Crippen molar-refractivity contribution in [1.29, 1.82) is 0 Å². The molecule has 6 nitrogen and oxygen atoms in total. The normalized spacial score (nSPS) is 18.6. The maximum Gasteiger partial charge on any atom is 0.416 e. The smallest absolute Gasteiger partial charge is 0.359 e. The number of piperidine rings is 1. The number of alkyl halides is 3. The molecule has 128 valence electrons.